The van der Waals surface area contributed by atoms with Gasteiger partial charge < -0.3 is 9.47 Å². The number of aromatic amines is 1. The van der Waals surface area contributed by atoms with Crippen molar-refractivity contribution < 1.29 is 23.7 Å². The third kappa shape index (κ3) is 4.09. The first-order valence-electron chi connectivity index (χ1n) is 10.3. The number of para-hydroxylation sites is 1. The number of fused-ring (bicyclic) bond motifs is 3. The van der Waals surface area contributed by atoms with Gasteiger partial charge in [0.1, 0.15) is 0 Å². The summed E-state index contributed by atoms with van der Waals surface area (Å²) in [4.78, 5) is 42.0. The summed E-state index contributed by atoms with van der Waals surface area (Å²) in [5.41, 5.74) is 1.88. The van der Waals surface area contributed by atoms with Gasteiger partial charge in [-0.1, -0.05) is 30.8 Å². The predicted octanol–water partition coefficient (Wildman–Crippen LogP) is 2.68. The van der Waals surface area contributed by atoms with E-state index in [0.29, 0.717) is 39.2 Å². The maximum absolute atomic E-state index is 13.2. The number of anilines is 1. The fraction of sp³-hybridized carbons (Fsp3) is 0.261. The average molecular weight is 468 g/mol. The van der Waals surface area contributed by atoms with Gasteiger partial charge in [-0.05, 0) is 40.8 Å². The molecule has 0 spiro atoms. The highest BCUT2D eigenvalue weighted by atomic mass is 32.2. The Labute approximate surface area is 194 Å². The number of methoxy groups -OCH3 is 1. The second kappa shape index (κ2) is 9.07. The van der Waals surface area contributed by atoms with Crippen LogP contribution in [-0.4, -0.2) is 34.8 Å². The van der Waals surface area contributed by atoms with Crippen molar-refractivity contribution in [3.63, 3.8) is 0 Å². The largest absolute Gasteiger partial charge is 0.493 e. The van der Waals surface area contributed by atoms with Crippen LogP contribution in [0, 0.1) is 0 Å². The summed E-state index contributed by atoms with van der Waals surface area (Å²) in [7, 11) is 1.46. The minimum absolute atomic E-state index is 0.222. The summed E-state index contributed by atoms with van der Waals surface area (Å²) in [6.45, 7) is 4.73. The Morgan fingerprint density at radius 2 is 1.94 bits per heavy atom. The summed E-state index contributed by atoms with van der Waals surface area (Å²) in [6, 6.07) is 12.2. The summed E-state index contributed by atoms with van der Waals surface area (Å²) in [5, 5.41) is 5.13. The Morgan fingerprint density at radius 1 is 1.18 bits per heavy atom. The van der Waals surface area contributed by atoms with Crippen LogP contribution in [-0.2, 0) is 9.59 Å². The molecule has 0 radical (unpaired) electrons. The van der Waals surface area contributed by atoms with Crippen molar-refractivity contribution >= 4 is 29.3 Å². The number of aromatic nitrogens is 3. The fourth-order valence-corrected chi connectivity index (χ4v) is 4.48. The second-order valence-corrected chi connectivity index (χ2v) is 8.52. The quantitative estimate of drug-likeness (QED) is 0.266. The van der Waals surface area contributed by atoms with Crippen LogP contribution in [0.3, 0.4) is 0 Å². The number of amides is 1. The van der Waals surface area contributed by atoms with Gasteiger partial charge in [0.05, 0.1) is 18.4 Å². The molecular weight excluding hydrogens is 444 g/mol. The zero-order chi connectivity index (χ0) is 23.7. The van der Waals surface area contributed by atoms with Gasteiger partial charge in [-0.2, -0.15) is 0 Å². The van der Waals surface area contributed by atoms with Gasteiger partial charge in [0.15, 0.2) is 11.5 Å². The summed E-state index contributed by atoms with van der Waals surface area (Å²) >= 11 is 1.39. The summed E-state index contributed by atoms with van der Waals surface area (Å²) in [6.07, 6.45) is -0.758. The predicted molar refractivity (Wildman–Crippen MR) is 122 cm³/mol. The van der Waals surface area contributed by atoms with E-state index < -0.39 is 12.1 Å². The van der Waals surface area contributed by atoms with Crippen molar-refractivity contribution in [2.24, 2.45) is 0 Å². The van der Waals surface area contributed by atoms with E-state index in [1.807, 2.05) is 19.1 Å². The molecule has 4 rings (SSSR count). The average Bonchev–Trinajstić information content (AvgIpc) is 2.78. The molecule has 1 amide bonds. The normalized spacial score (nSPS) is 14.3. The van der Waals surface area contributed by atoms with Crippen LogP contribution in [0.25, 0.3) is 11.3 Å². The lowest BCUT2D eigenvalue weighted by atomic mass is 10.0. The lowest BCUT2D eigenvalue weighted by Crippen LogP contribution is -2.60. The lowest BCUT2D eigenvalue weighted by molar-refractivity contribution is -0.763. The van der Waals surface area contributed by atoms with E-state index in [1.54, 1.807) is 39.9 Å². The first-order chi connectivity index (χ1) is 15.8. The standard InChI is InChI=1S/C23H22N4O5S/c1-5-33-23-24-21(30)20-16-8-6-7-9-17(16)26(13(2)28)22(27(20)25-23)15-10-11-18(32-14(3)29)19(12-15)31-4/h6-12,22H,5H2,1-4H3/p+1. The summed E-state index contributed by atoms with van der Waals surface area (Å²) < 4.78 is 12.2. The number of carbonyl (C=O) groups is 2. The van der Waals surface area contributed by atoms with Gasteiger partial charge in [0.25, 0.3) is 6.17 Å². The van der Waals surface area contributed by atoms with Crippen molar-refractivity contribution in [1.29, 1.82) is 0 Å². The van der Waals surface area contributed by atoms with Crippen molar-refractivity contribution in [2.75, 3.05) is 17.8 Å². The van der Waals surface area contributed by atoms with Gasteiger partial charge in [0.2, 0.25) is 11.1 Å². The molecule has 0 aliphatic carbocycles. The zero-order valence-electron chi connectivity index (χ0n) is 18.6. The van der Waals surface area contributed by atoms with E-state index in [9.17, 15) is 14.4 Å². The van der Waals surface area contributed by atoms with Crippen LogP contribution in [0.15, 0.2) is 52.4 Å². The molecule has 1 aliphatic heterocycles. The number of hydrogen-bond donors (Lipinski definition) is 1. The van der Waals surface area contributed by atoms with Crippen LogP contribution < -0.4 is 24.6 Å². The highest BCUT2D eigenvalue weighted by Crippen LogP contribution is 2.39. The van der Waals surface area contributed by atoms with Crippen molar-refractivity contribution in [3.05, 3.63) is 58.4 Å². The Bertz CT molecular complexity index is 1310. The number of carbonyl (C=O) groups excluding carboxylic acids is 2. The lowest BCUT2D eigenvalue weighted by Gasteiger charge is -2.31. The molecule has 0 saturated heterocycles. The zero-order valence-corrected chi connectivity index (χ0v) is 19.4. The maximum atomic E-state index is 13.2. The van der Waals surface area contributed by atoms with E-state index in [0.717, 1.165) is 0 Å². The molecule has 9 nitrogen and oxygen atoms in total. The van der Waals surface area contributed by atoms with Gasteiger partial charge >= 0.3 is 17.2 Å². The fourth-order valence-electron chi connectivity index (χ4n) is 3.90. The molecule has 2 heterocycles. The molecule has 1 N–H and O–H groups in total. The molecule has 0 fully saturated rings. The Balaban J connectivity index is 2.00. The van der Waals surface area contributed by atoms with E-state index >= 15 is 0 Å². The first-order valence-corrected chi connectivity index (χ1v) is 11.3. The highest BCUT2D eigenvalue weighted by molar-refractivity contribution is 7.99. The van der Waals surface area contributed by atoms with Gasteiger partial charge in [-0.15, -0.1) is 0 Å². The van der Waals surface area contributed by atoms with E-state index in [2.05, 4.69) is 10.1 Å². The number of nitrogens with zero attached hydrogens (tertiary/aromatic N) is 3. The van der Waals surface area contributed by atoms with Crippen LogP contribution >= 0.6 is 11.8 Å². The highest BCUT2D eigenvalue weighted by Gasteiger charge is 2.45. The van der Waals surface area contributed by atoms with Crippen LogP contribution in [0.4, 0.5) is 5.69 Å². The molecular formula is C23H23N4O5S+. The molecule has 1 aliphatic rings. The number of benzene rings is 2. The van der Waals surface area contributed by atoms with Gasteiger partial charge in [-0.3, -0.25) is 19.4 Å². The van der Waals surface area contributed by atoms with E-state index in [4.69, 9.17) is 9.47 Å². The number of esters is 1. The minimum atomic E-state index is -0.758. The van der Waals surface area contributed by atoms with Crippen LogP contribution in [0.5, 0.6) is 11.5 Å². The molecule has 1 aromatic heterocycles. The third-order valence-electron chi connectivity index (χ3n) is 5.12. The Morgan fingerprint density at radius 3 is 2.61 bits per heavy atom. The molecule has 10 heteroatoms. The van der Waals surface area contributed by atoms with Crippen LogP contribution in [0.1, 0.15) is 32.5 Å². The maximum Gasteiger partial charge on any atom is 0.325 e. The number of thioether (sulfide) groups is 1. The number of hydrogen-bond acceptors (Lipinski definition) is 7. The molecule has 1 atom stereocenters. The molecule has 2 aromatic carbocycles. The van der Waals surface area contributed by atoms with Crippen molar-refractivity contribution in [1.82, 2.24) is 10.1 Å². The molecule has 3 aromatic rings. The number of ether oxygens (including phenoxy) is 2. The van der Waals surface area contributed by atoms with Crippen LogP contribution in [0.2, 0.25) is 0 Å². The molecule has 1 unspecified atom stereocenters. The molecule has 0 bridgehead atoms. The smallest absolute Gasteiger partial charge is 0.325 e. The topological polar surface area (TPSA) is 105 Å². The van der Waals surface area contributed by atoms with Crippen molar-refractivity contribution in [2.45, 2.75) is 32.1 Å². The minimum Gasteiger partial charge on any atom is -0.493 e. The molecule has 0 saturated carbocycles. The van der Waals surface area contributed by atoms with Gasteiger partial charge in [-0.25, -0.2) is 4.90 Å². The first kappa shape index (κ1) is 22.5. The Kier molecular flexibility index (Phi) is 6.19. The number of H-pyrrole nitrogens is 1. The third-order valence-corrected chi connectivity index (χ3v) is 5.86. The van der Waals surface area contributed by atoms with E-state index in [1.165, 1.54) is 32.7 Å². The molecule has 170 valence electrons. The number of rotatable bonds is 5. The SMILES string of the molecule is CCSc1n[n+]2c(c(=O)[nH]1)-c1ccccc1N(C(C)=O)C2c1ccc(OC(C)=O)c(OC)c1. The van der Waals surface area contributed by atoms with Gasteiger partial charge in [0, 0.05) is 24.5 Å². The summed E-state index contributed by atoms with van der Waals surface area (Å²) in [5.74, 6) is 0.587. The second-order valence-electron chi connectivity index (χ2n) is 7.27. The molecule has 33 heavy (non-hydrogen) atoms. The Hall–Kier alpha value is -3.66. The van der Waals surface area contributed by atoms with E-state index in [-0.39, 0.29) is 17.2 Å². The number of nitrogens with one attached hydrogen (secondary N) is 1. The monoisotopic (exact) mass is 467 g/mol. The van der Waals surface area contributed by atoms with Crippen molar-refractivity contribution in [3.8, 4) is 22.8 Å².